The first kappa shape index (κ1) is 16.2. The van der Waals surface area contributed by atoms with Gasteiger partial charge in [-0.05, 0) is 18.4 Å². The first-order chi connectivity index (χ1) is 9.82. The molecule has 2 aromatic heterocycles. The molecule has 0 radical (unpaired) electrons. The molecule has 0 fully saturated rings. The number of thiazole rings is 1. The van der Waals surface area contributed by atoms with E-state index >= 15 is 0 Å². The molecule has 0 bridgehead atoms. The molecule has 0 aliphatic heterocycles. The number of aldehydes is 1. The second-order valence-electron chi connectivity index (χ2n) is 6.32. The van der Waals surface area contributed by atoms with E-state index in [0.717, 1.165) is 28.4 Å². The standard InChI is InChI=1S/C16H22N2OS2/c1-11(9-12-7-6-8-20-12)18(5)15-17-14(16(2,3)4)13(10-19)21-15/h6-8,10-11H,9H2,1-5H3. The Balaban J connectivity index is 2.21. The SMILES string of the molecule is CC(Cc1cccs1)N(C)c1nc(C(C)(C)C)c(C=O)s1. The molecular formula is C16H22N2OS2. The normalized spacial score (nSPS) is 13.2. The maximum absolute atomic E-state index is 11.3. The third-order valence-electron chi connectivity index (χ3n) is 3.50. The third-order valence-corrected chi connectivity index (χ3v) is 5.47. The van der Waals surface area contributed by atoms with Crippen LogP contribution in [-0.2, 0) is 11.8 Å². The predicted molar refractivity (Wildman–Crippen MR) is 92.1 cm³/mol. The Bertz CT molecular complexity index is 596. The summed E-state index contributed by atoms with van der Waals surface area (Å²) in [6.45, 7) is 8.47. The van der Waals surface area contributed by atoms with Crippen molar-refractivity contribution in [3.63, 3.8) is 0 Å². The fourth-order valence-corrected chi connectivity index (χ4v) is 4.11. The van der Waals surface area contributed by atoms with Crippen LogP contribution in [0.3, 0.4) is 0 Å². The minimum Gasteiger partial charge on any atom is -0.348 e. The van der Waals surface area contributed by atoms with Gasteiger partial charge in [-0.15, -0.1) is 11.3 Å². The molecule has 2 heterocycles. The Hall–Kier alpha value is -1.20. The predicted octanol–water partition coefficient (Wildman–Crippen LogP) is 4.38. The van der Waals surface area contributed by atoms with E-state index in [0.29, 0.717) is 6.04 Å². The molecule has 5 heteroatoms. The van der Waals surface area contributed by atoms with E-state index in [2.05, 4.69) is 57.2 Å². The number of carbonyl (C=O) groups excluding carboxylic acids is 1. The van der Waals surface area contributed by atoms with Crippen molar-refractivity contribution in [1.82, 2.24) is 4.98 Å². The van der Waals surface area contributed by atoms with Crippen molar-refractivity contribution >= 4 is 34.1 Å². The summed E-state index contributed by atoms with van der Waals surface area (Å²) in [5.74, 6) is 0. The molecule has 1 atom stereocenters. The van der Waals surface area contributed by atoms with Gasteiger partial charge in [0.2, 0.25) is 0 Å². The number of rotatable bonds is 5. The van der Waals surface area contributed by atoms with Gasteiger partial charge in [-0.3, -0.25) is 4.79 Å². The van der Waals surface area contributed by atoms with Crippen LogP contribution in [0.4, 0.5) is 5.13 Å². The highest BCUT2D eigenvalue weighted by Gasteiger charge is 2.25. The van der Waals surface area contributed by atoms with E-state index in [-0.39, 0.29) is 5.41 Å². The lowest BCUT2D eigenvalue weighted by Gasteiger charge is -2.24. The topological polar surface area (TPSA) is 33.2 Å². The molecule has 0 saturated heterocycles. The summed E-state index contributed by atoms with van der Waals surface area (Å²) >= 11 is 3.27. The first-order valence-corrected chi connectivity index (χ1v) is 8.74. The lowest BCUT2D eigenvalue weighted by molar-refractivity contribution is 0.112. The van der Waals surface area contributed by atoms with Crippen LogP contribution in [0.25, 0.3) is 0 Å². The molecule has 21 heavy (non-hydrogen) atoms. The minimum absolute atomic E-state index is 0.108. The van der Waals surface area contributed by atoms with Crippen LogP contribution in [0, 0.1) is 0 Å². The number of hydrogen-bond donors (Lipinski definition) is 0. The fraction of sp³-hybridized carbons (Fsp3) is 0.500. The Morgan fingerprint density at radius 2 is 2.14 bits per heavy atom. The summed E-state index contributed by atoms with van der Waals surface area (Å²) in [7, 11) is 2.05. The van der Waals surface area contributed by atoms with Crippen LogP contribution in [0.15, 0.2) is 17.5 Å². The first-order valence-electron chi connectivity index (χ1n) is 7.04. The van der Waals surface area contributed by atoms with Crippen LogP contribution in [0.5, 0.6) is 0 Å². The molecule has 0 amide bonds. The van der Waals surface area contributed by atoms with E-state index in [9.17, 15) is 4.79 Å². The number of anilines is 1. The fourth-order valence-electron chi connectivity index (χ4n) is 2.13. The van der Waals surface area contributed by atoms with E-state index in [1.807, 2.05) is 0 Å². The van der Waals surface area contributed by atoms with Crippen LogP contribution in [0.1, 0.15) is 47.9 Å². The van der Waals surface area contributed by atoms with Crippen molar-refractivity contribution in [1.29, 1.82) is 0 Å². The number of nitrogens with zero attached hydrogens (tertiary/aromatic N) is 2. The van der Waals surface area contributed by atoms with Gasteiger partial charge in [0, 0.05) is 29.8 Å². The van der Waals surface area contributed by atoms with Gasteiger partial charge in [0.25, 0.3) is 0 Å². The van der Waals surface area contributed by atoms with Gasteiger partial charge >= 0.3 is 0 Å². The smallest absolute Gasteiger partial charge is 0.186 e. The van der Waals surface area contributed by atoms with Gasteiger partial charge in [0.15, 0.2) is 11.4 Å². The molecule has 2 rings (SSSR count). The van der Waals surface area contributed by atoms with Crippen molar-refractivity contribution in [2.24, 2.45) is 0 Å². The summed E-state index contributed by atoms with van der Waals surface area (Å²) in [4.78, 5) is 20.3. The zero-order valence-corrected chi connectivity index (χ0v) is 14.8. The van der Waals surface area contributed by atoms with Gasteiger partial charge < -0.3 is 4.90 Å². The molecule has 2 aromatic rings. The molecular weight excluding hydrogens is 300 g/mol. The van der Waals surface area contributed by atoms with Crippen molar-refractivity contribution in [3.8, 4) is 0 Å². The highest BCUT2D eigenvalue weighted by molar-refractivity contribution is 7.17. The maximum atomic E-state index is 11.3. The average Bonchev–Trinajstić information content (AvgIpc) is 3.05. The molecule has 0 aliphatic carbocycles. The largest absolute Gasteiger partial charge is 0.348 e. The Kier molecular flexibility index (Phi) is 4.84. The monoisotopic (exact) mass is 322 g/mol. The maximum Gasteiger partial charge on any atom is 0.186 e. The lowest BCUT2D eigenvalue weighted by atomic mass is 9.91. The van der Waals surface area contributed by atoms with Crippen LogP contribution >= 0.6 is 22.7 Å². The summed E-state index contributed by atoms with van der Waals surface area (Å²) in [6, 6.07) is 4.59. The van der Waals surface area contributed by atoms with Crippen molar-refractivity contribution in [2.45, 2.75) is 45.6 Å². The number of hydrogen-bond acceptors (Lipinski definition) is 5. The van der Waals surface area contributed by atoms with Gasteiger partial charge in [-0.1, -0.05) is 38.2 Å². The van der Waals surface area contributed by atoms with E-state index in [1.54, 1.807) is 11.3 Å². The summed E-state index contributed by atoms with van der Waals surface area (Å²) in [5, 5.41) is 3.03. The van der Waals surface area contributed by atoms with Crippen LogP contribution in [-0.4, -0.2) is 24.4 Å². The second-order valence-corrected chi connectivity index (χ2v) is 8.36. The quantitative estimate of drug-likeness (QED) is 0.766. The number of carbonyl (C=O) groups is 1. The molecule has 0 aromatic carbocycles. The molecule has 0 aliphatic rings. The Morgan fingerprint density at radius 3 is 2.62 bits per heavy atom. The van der Waals surface area contributed by atoms with Gasteiger partial charge in [0.05, 0.1) is 10.6 Å². The average molecular weight is 322 g/mol. The Labute approximate surface area is 134 Å². The van der Waals surface area contributed by atoms with Gasteiger partial charge in [-0.2, -0.15) is 0 Å². The van der Waals surface area contributed by atoms with Crippen molar-refractivity contribution in [3.05, 3.63) is 33.0 Å². The minimum atomic E-state index is -0.108. The summed E-state index contributed by atoms with van der Waals surface area (Å²) < 4.78 is 0. The molecule has 1 unspecified atom stereocenters. The van der Waals surface area contributed by atoms with E-state index in [1.165, 1.54) is 16.2 Å². The van der Waals surface area contributed by atoms with Crippen LogP contribution in [0.2, 0.25) is 0 Å². The van der Waals surface area contributed by atoms with Gasteiger partial charge in [0.1, 0.15) is 0 Å². The highest BCUT2D eigenvalue weighted by Crippen LogP contribution is 2.33. The number of thiophene rings is 1. The number of likely N-dealkylation sites (N-methyl/N-ethyl adjacent to an activating group) is 1. The number of aromatic nitrogens is 1. The highest BCUT2D eigenvalue weighted by atomic mass is 32.1. The molecule has 0 N–H and O–H groups in total. The summed E-state index contributed by atoms with van der Waals surface area (Å²) in [5.41, 5.74) is 0.788. The third kappa shape index (κ3) is 3.71. The summed E-state index contributed by atoms with van der Waals surface area (Å²) in [6.07, 6.45) is 1.93. The van der Waals surface area contributed by atoms with E-state index < -0.39 is 0 Å². The van der Waals surface area contributed by atoms with Gasteiger partial charge in [-0.25, -0.2) is 4.98 Å². The van der Waals surface area contributed by atoms with Crippen molar-refractivity contribution < 1.29 is 4.79 Å². The molecule has 0 spiro atoms. The zero-order chi connectivity index (χ0) is 15.6. The molecule has 0 saturated carbocycles. The molecule has 114 valence electrons. The zero-order valence-electron chi connectivity index (χ0n) is 13.2. The second kappa shape index (κ2) is 6.28. The van der Waals surface area contributed by atoms with Crippen molar-refractivity contribution in [2.75, 3.05) is 11.9 Å². The van der Waals surface area contributed by atoms with E-state index in [4.69, 9.17) is 4.98 Å². The lowest BCUT2D eigenvalue weighted by Crippen LogP contribution is -2.30. The Morgan fingerprint density at radius 1 is 1.43 bits per heavy atom. The molecule has 3 nitrogen and oxygen atoms in total. The van der Waals surface area contributed by atoms with Crippen LogP contribution < -0.4 is 4.90 Å².